The lowest BCUT2D eigenvalue weighted by Gasteiger charge is -2.25. The molecule has 1 heterocycles. The van der Waals surface area contributed by atoms with Crippen molar-refractivity contribution in [2.24, 2.45) is 0 Å². The standard InChI is InChI=1S/C8H15NO5/c1-5(10)9-3-8(12)4-14-7(13-2)6(8)11/h6-7,11-12H,3-4H2,1-2H3,(H,9,10)/t6-,7+,8?/m0/s1. The lowest BCUT2D eigenvalue weighted by Crippen LogP contribution is -2.52. The van der Waals surface area contributed by atoms with Crippen molar-refractivity contribution < 1.29 is 24.5 Å². The van der Waals surface area contributed by atoms with Gasteiger partial charge in [-0.25, -0.2) is 0 Å². The number of carbonyl (C=O) groups excluding carboxylic acids is 1. The largest absolute Gasteiger partial charge is 0.385 e. The van der Waals surface area contributed by atoms with Gasteiger partial charge in [0, 0.05) is 14.0 Å². The first-order valence-corrected chi connectivity index (χ1v) is 4.29. The molecule has 0 bridgehead atoms. The number of ether oxygens (including phenoxy) is 2. The Bertz CT molecular complexity index is 222. The zero-order valence-corrected chi connectivity index (χ0v) is 8.19. The highest BCUT2D eigenvalue weighted by molar-refractivity contribution is 5.72. The lowest BCUT2D eigenvalue weighted by molar-refractivity contribution is -0.142. The van der Waals surface area contributed by atoms with Gasteiger partial charge in [0.05, 0.1) is 13.2 Å². The summed E-state index contributed by atoms with van der Waals surface area (Å²) >= 11 is 0. The van der Waals surface area contributed by atoms with Gasteiger partial charge in [-0.2, -0.15) is 0 Å². The van der Waals surface area contributed by atoms with Crippen LogP contribution in [0.25, 0.3) is 0 Å². The number of aliphatic hydroxyl groups excluding tert-OH is 1. The van der Waals surface area contributed by atoms with Gasteiger partial charge in [0.25, 0.3) is 0 Å². The molecular weight excluding hydrogens is 190 g/mol. The third kappa shape index (κ3) is 2.21. The molecule has 82 valence electrons. The summed E-state index contributed by atoms with van der Waals surface area (Å²) in [6.07, 6.45) is -1.99. The quantitative estimate of drug-likeness (QED) is 0.507. The van der Waals surface area contributed by atoms with E-state index in [1.54, 1.807) is 0 Å². The van der Waals surface area contributed by atoms with Crippen LogP contribution < -0.4 is 5.32 Å². The molecule has 0 saturated carbocycles. The van der Waals surface area contributed by atoms with Gasteiger partial charge in [0.15, 0.2) is 6.29 Å². The molecule has 0 aliphatic carbocycles. The molecule has 1 saturated heterocycles. The Balaban J connectivity index is 2.53. The lowest BCUT2D eigenvalue weighted by atomic mass is 10.00. The highest BCUT2D eigenvalue weighted by Gasteiger charge is 2.48. The molecule has 6 heteroatoms. The summed E-state index contributed by atoms with van der Waals surface area (Å²) in [4.78, 5) is 10.6. The van der Waals surface area contributed by atoms with Gasteiger partial charge in [-0.3, -0.25) is 4.79 Å². The Labute approximate surface area is 81.8 Å². The molecule has 1 amide bonds. The van der Waals surface area contributed by atoms with Crippen molar-refractivity contribution in [3.05, 3.63) is 0 Å². The van der Waals surface area contributed by atoms with Crippen LogP contribution in [-0.4, -0.2) is 54.4 Å². The maximum Gasteiger partial charge on any atom is 0.216 e. The average molecular weight is 205 g/mol. The minimum Gasteiger partial charge on any atom is -0.385 e. The monoisotopic (exact) mass is 205 g/mol. The van der Waals surface area contributed by atoms with E-state index in [2.05, 4.69) is 5.32 Å². The summed E-state index contributed by atoms with van der Waals surface area (Å²) in [7, 11) is 1.37. The summed E-state index contributed by atoms with van der Waals surface area (Å²) in [5.41, 5.74) is -1.47. The summed E-state index contributed by atoms with van der Waals surface area (Å²) in [5, 5.41) is 21.8. The van der Waals surface area contributed by atoms with E-state index in [9.17, 15) is 15.0 Å². The van der Waals surface area contributed by atoms with Crippen molar-refractivity contribution >= 4 is 5.91 Å². The van der Waals surface area contributed by atoms with Crippen molar-refractivity contribution in [3.63, 3.8) is 0 Å². The number of aliphatic hydroxyl groups is 2. The fourth-order valence-corrected chi connectivity index (χ4v) is 1.29. The van der Waals surface area contributed by atoms with E-state index in [1.807, 2.05) is 0 Å². The molecule has 1 fully saturated rings. The highest BCUT2D eigenvalue weighted by atomic mass is 16.7. The Morgan fingerprint density at radius 1 is 1.79 bits per heavy atom. The molecule has 1 aliphatic heterocycles. The van der Waals surface area contributed by atoms with Crippen molar-refractivity contribution in [3.8, 4) is 0 Å². The molecule has 1 rings (SSSR count). The zero-order valence-electron chi connectivity index (χ0n) is 8.19. The van der Waals surface area contributed by atoms with Crippen molar-refractivity contribution in [1.29, 1.82) is 0 Å². The van der Waals surface area contributed by atoms with Crippen molar-refractivity contribution in [2.75, 3.05) is 20.3 Å². The Kier molecular flexibility index (Phi) is 3.43. The third-order valence-electron chi connectivity index (χ3n) is 2.18. The highest BCUT2D eigenvalue weighted by Crippen LogP contribution is 2.24. The Hall–Kier alpha value is -0.690. The van der Waals surface area contributed by atoms with Gasteiger partial charge in [0.2, 0.25) is 5.91 Å². The zero-order chi connectivity index (χ0) is 10.8. The van der Waals surface area contributed by atoms with Crippen LogP contribution in [0.4, 0.5) is 0 Å². The van der Waals surface area contributed by atoms with Crippen molar-refractivity contribution in [1.82, 2.24) is 5.32 Å². The fourth-order valence-electron chi connectivity index (χ4n) is 1.29. The van der Waals surface area contributed by atoms with E-state index in [1.165, 1.54) is 14.0 Å². The van der Waals surface area contributed by atoms with Crippen LogP contribution in [0, 0.1) is 0 Å². The van der Waals surface area contributed by atoms with Crippen LogP contribution in [0.15, 0.2) is 0 Å². The minimum atomic E-state index is -1.47. The minimum absolute atomic E-state index is 0.0522. The SMILES string of the molecule is CO[C@@H]1OCC(O)(CNC(C)=O)[C@H]1O. The van der Waals surface area contributed by atoms with Gasteiger partial charge < -0.3 is 25.0 Å². The molecular formula is C8H15NO5. The molecule has 0 spiro atoms. The molecule has 0 aromatic carbocycles. The fraction of sp³-hybridized carbons (Fsp3) is 0.875. The number of amides is 1. The van der Waals surface area contributed by atoms with Crippen LogP contribution in [0.1, 0.15) is 6.92 Å². The molecule has 6 nitrogen and oxygen atoms in total. The van der Waals surface area contributed by atoms with Gasteiger partial charge in [0.1, 0.15) is 11.7 Å². The van der Waals surface area contributed by atoms with Crippen LogP contribution in [0.5, 0.6) is 0 Å². The average Bonchev–Trinajstić information content (AvgIpc) is 2.42. The molecule has 3 atom stereocenters. The number of methoxy groups -OCH3 is 1. The first-order chi connectivity index (χ1) is 6.49. The summed E-state index contributed by atoms with van der Waals surface area (Å²) < 4.78 is 9.77. The summed E-state index contributed by atoms with van der Waals surface area (Å²) in [6, 6.07) is 0. The van der Waals surface area contributed by atoms with Gasteiger partial charge in [-0.15, -0.1) is 0 Å². The van der Waals surface area contributed by atoms with E-state index in [0.717, 1.165) is 0 Å². The van der Waals surface area contributed by atoms with Crippen LogP contribution >= 0.6 is 0 Å². The summed E-state index contributed by atoms with van der Waals surface area (Å²) in [6.45, 7) is 1.22. The summed E-state index contributed by atoms with van der Waals surface area (Å²) in [5.74, 6) is -0.272. The number of hydrogen-bond donors (Lipinski definition) is 3. The molecule has 0 radical (unpaired) electrons. The first-order valence-electron chi connectivity index (χ1n) is 4.29. The van der Waals surface area contributed by atoms with Gasteiger partial charge in [-0.1, -0.05) is 0 Å². The predicted octanol–water partition coefficient (Wildman–Crippen LogP) is -1.78. The van der Waals surface area contributed by atoms with E-state index in [0.29, 0.717) is 0 Å². The molecule has 0 aromatic heterocycles. The number of nitrogens with one attached hydrogen (secondary N) is 1. The number of hydrogen-bond acceptors (Lipinski definition) is 5. The maximum atomic E-state index is 10.6. The van der Waals surface area contributed by atoms with Crippen LogP contribution in [-0.2, 0) is 14.3 Å². The molecule has 1 aliphatic rings. The second kappa shape index (κ2) is 4.22. The predicted molar refractivity (Wildman–Crippen MR) is 46.4 cm³/mol. The second-order valence-corrected chi connectivity index (χ2v) is 3.37. The van der Waals surface area contributed by atoms with E-state index >= 15 is 0 Å². The van der Waals surface area contributed by atoms with E-state index in [-0.39, 0.29) is 19.1 Å². The first kappa shape index (κ1) is 11.4. The van der Waals surface area contributed by atoms with Crippen LogP contribution in [0.3, 0.4) is 0 Å². The van der Waals surface area contributed by atoms with Crippen molar-refractivity contribution in [2.45, 2.75) is 24.9 Å². The molecule has 14 heavy (non-hydrogen) atoms. The number of rotatable bonds is 3. The second-order valence-electron chi connectivity index (χ2n) is 3.37. The topological polar surface area (TPSA) is 88.0 Å². The smallest absolute Gasteiger partial charge is 0.216 e. The van der Waals surface area contributed by atoms with Gasteiger partial charge >= 0.3 is 0 Å². The molecule has 0 aromatic rings. The van der Waals surface area contributed by atoms with Gasteiger partial charge in [-0.05, 0) is 0 Å². The Morgan fingerprint density at radius 3 is 2.86 bits per heavy atom. The third-order valence-corrected chi connectivity index (χ3v) is 2.18. The molecule has 3 N–H and O–H groups in total. The van der Waals surface area contributed by atoms with Crippen LogP contribution in [0.2, 0.25) is 0 Å². The molecule has 1 unspecified atom stereocenters. The normalized spacial score (nSPS) is 37.1. The van der Waals surface area contributed by atoms with E-state index < -0.39 is 18.0 Å². The number of carbonyl (C=O) groups is 1. The van der Waals surface area contributed by atoms with E-state index in [4.69, 9.17) is 9.47 Å². The maximum absolute atomic E-state index is 10.6. The Morgan fingerprint density at radius 2 is 2.43 bits per heavy atom.